The summed E-state index contributed by atoms with van der Waals surface area (Å²) in [5, 5.41) is 13.4. The molecule has 112 valence electrons. The highest BCUT2D eigenvalue weighted by Crippen LogP contribution is 2.30. The van der Waals surface area contributed by atoms with Crippen molar-refractivity contribution in [1.82, 2.24) is 9.78 Å². The van der Waals surface area contributed by atoms with Gasteiger partial charge in [0.05, 0.1) is 32.0 Å². The molecule has 0 aliphatic carbocycles. The lowest BCUT2D eigenvalue weighted by Gasteiger charge is -2.10. The van der Waals surface area contributed by atoms with Gasteiger partial charge in [-0.3, -0.25) is 4.79 Å². The second-order valence-electron chi connectivity index (χ2n) is 4.67. The van der Waals surface area contributed by atoms with E-state index in [9.17, 15) is 4.79 Å². The fourth-order valence-corrected chi connectivity index (χ4v) is 2.29. The Kier molecular flexibility index (Phi) is 4.16. The molecular weight excluding hydrogens is 272 g/mol. The molecular formula is C15H18N2O4. The van der Waals surface area contributed by atoms with Crippen LogP contribution in [0.4, 0.5) is 0 Å². The standard InChI is InChI=1S/C15H18N2O4/c1-9-12(8-15(18)19)10(2)17(16-9)11-5-6-13(20-3)14(7-11)21-4/h5-7H,8H2,1-4H3,(H,18,19). The van der Waals surface area contributed by atoms with Crippen LogP contribution in [0.3, 0.4) is 0 Å². The SMILES string of the molecule is COc1ccc(-n2nc(C)c(CC(=O)O)c2C)cc1OC. The molecule has 1 N–H and O–H groups in total. The zero-order valence-electron chi connectivity index (χ0n) is 12.5. The third kappa shape index (κ3) is 2.84. The summed E-state index contributed by atoms with van der Waals surface area (Å²) >= 11 is 0. The predicted molar refractivity (Wildman–Crippen MR) is 77.5 cm³/mol. The molecule has 0 aliphatic rings. The number of carboxylic acids is 1. The van der Waals surface area contributed by atoms with Crippen LogP contribution in [-0.2, 0) is 11.2 Å². The molecule has 0 amide bonds. The lowest BCUT2D eigenvalue weighted by molar-refractivity contribution is -0.136. The van der Waals surface area contributed by atoms with Crippen molar-refractivity contribution < 1.29 is 19.4 Å². The smallest absolute Gasteiger partial charge is 0.307 e. The minimum Gasteiger partial charge on any atom is -0.493 e. The van der Waals surface area contributed by atoms with Crippen molar-refractivity contribution in [1.29, 1.82) is 0 Å². The molecule has 21 heavy (non-hydrogen) atoms. The van der Waals surface area contributed by atoms with Crippen molar-refractivity contribution in [3.8, 4) is 17.2 Å². The summed E-state index contributed by atoms with van der Waals surface area (Å²) in [4.78, 5) is 10.9. The van der Waals surface area contributed by atoms with Gasteiger partial charge < -0.3 is 14.6 Å². The van der Waals surface area contributed by atoms with Gasteiger partial charge in [0.25, 0.3) is 0 Å². The summed E-state index contributed by atoms with van der Waals surface area (Å²) in [6, 6.07) is 5.45. The van der Waals surface area contributed by atoms with E-state index in [1.165, 1.54) is 0 Å². The molecule has 0 fully saturated rings. The Morgan fingerprint density at radius 3 is 2.48 bits per heavy atom. The van der Waals surface area contributed by atoms with Gasteiger partial charge in [-0.15, -0.1) is 0 Å². The number of hydrogen-bond donors (Lipinski definition) is 1. The van der Waals surface area contributed by atoms with Gasteiger partial charge in [0.15, 0.2) is 11.5 Å². The van der Waals surface area contributed by atoms with Gasteiger partial charge in [0, 0.05) is 17.3 Å². The minimum atomic E-state index is -0.868. The molecule has 6 heteroatoms. The number of aliphatic carboxylic acids is 1. The maximum atomic E-state index is 10.9. The van der Waals surface area contributed by atoms with Crippen LogP contribution in [0.2, 0.25) is 0 Å². The number of carboxylic acid groups (broad SMARTS) is 1. The maximum absolute atomic E-state index is 10.9. The molecule has 0 saturated heterocycles. The van der Waals surface area contributed by atoms with Gasteiger partial charge in [-0.1, -0.05) is 0 Å². The highest BCUT2D eigenvalue weighted by molar-refractivity contribution is 5.71. The van der Waals surface area contributed by atoms with Crippen molar-refractivity contribution in [3.63, 3.8) is 0 Å². The van der Waals surface area contributed by atoms with Crippen molar-refractivity contribution in [3.05, 3.63) is 35.2 Å². The number of benzene rings is 1. The van der Waals surface area contributed by atoms with E-state index in [1.807, 2.05) is 26.0 Å². The minimum absolute atomic E-state index is 0.0367. The molecule has 2 aromatic rings. The summed E-state index contributed by atoms with van der Waals surface area (Å²) in [6.45, 7) is 3.66. The Labute approximate surface area is 122 Å². The van der Waals surface area contributed by atoms with E-state index in [2.05, 4.69) is 5.10 Å². The number of aromatic nitrogens is 2. The van der Waals surface area contributed by atoms with Gasteiger partial charge in [0.1, 0.15) is 0 Å². The Morgan fingerprint density at radius 1 is 1.24 bits per heavy atom. The average Bonchev–Trinajstić information content (AvgIpc) is 2.74. The van der Waals surface area contributed by atoms with Gasteiger partial charge in [0.2, 0.25) is 0 Å². The molecule has 1 heterocycles. The zero-order chi connectivity index (χ0) is 15.6. The van der Waals surface area contributed by atoms with Gasteiger partial charge in [-0.05, 0) is 26.0 Å². The predicted octanol–water partition coefficient (Wildman–Crippen LogP) is 2.13. The number of aryl methyl sites for hydroxylation is 1. The van der Waals surface area contributed by atoms with E-state index >= 15 is 0 Å². The number of hydrogen-bond acceptors (Lipinski definition) is 4. The summed E-state index contributed by atoms with van der Waals surface area (Å²) in [5.41, 5.74) is 3.05. The third-order valence-electron chi connectivity index (χ3n) is 3.38. The first-order valence-corrected chi connectivity index (χ1v) is 6.47. The fraction of sp³-hybridized carbons (Fsp3) is 0.333. The molecule has 1 aromatic heterocycles. The normalized spacial score (nSPS) is 10.5. The first-order chi connectivity index (χ1) is 9.97. The lowest BCUT2D eigenvalue weighted by atomic mass is 10.1. The van der Waals surface area contributed by atoms with Crippen LogP contribution in [0.1, 0.15) is 17.0 Å². The second kappa shape index (κ2) is 5.87. The van der Waals surface area contributed by atoms with Crippen molar-refractivity contribution in [2.24, 2.45) is 0 Å². The van der Waals surface area contributed by atoms with Crippen molar-refractivity contribution >= 4 is 5.97 Å². The quantitative estimate of drug-likeness (QED) is 0.913. The number of rotatable bonds is 5. The van der Waals surface area contributed by atoms with Gasteiger partial charge >= 0.3 is 5.97 Å². The highest BCUT2D eigenvalue weighted by Gasteiger charge is 2.16. The molecule has 0 bridgehead atoms. The van der Waals surface area contributed by atoms with Crippen LogP contribution in [0.15, 0.2) is 18.2 Å². The Bertz CT molecular complexity index is 677. The molecule has 1 aromatic carbocycles. The topological polar surface area (TPSA) is 73.6 Å². The summed E-state index contributed by atoms with van der Waals surface area (Å²) in [7, 11) is 3.14. The Balaban J connectivity index is 2.50. The first kappa shape index (κ1) is 14.9. The van der Waals surface area contributed by atoms with Crippen molar-refractivity contribution in [2.75, 3.05) is 14.2 Å². The summed E-state index contributed by atoms with van der Waals surface area (Å²) in [5.74, 6) is 0.365. The third-order valence-corrected chi connectivity index (χ3v) is 3.38. The molecule has 0 radical (unpaired) electrons. The number of carbonyl (C=O) groups is 1. The number of ether oxygens (including phenoxy) is 2. The maximum Gasteiger partial charge on any atom is 0.307 e. The molecule has 0 saturated carbocycles. The Morgan fingerprint density at radius 2 is 1.90 bits per heavy atom. The molecule has 0 spiro atoms. The Hall–Kier alpha value is -2.50. The fourth-order valence-electron chi connectivity index (χ4n) is 2.29. The number of nitrogens with zero attached hydrogens (tertiary/aromatic N) is 2. The second-order valence-corrected chi connectivity index (χ2v) is 4.67. The molecule has 2 rings (SSSR count). The first-order valence-electron chi connectivity index (χ1n) is 6.47. The monoisotopic (exact) mass is 290 g/mol. The number of methoxy groups -OCH3 is 2. The molecule has 0 unspecified atom stereocenters. The molecule has 0 atom stereocenters. The van der Waals surface area contributed by atoms with E-state index in [4.69, 9.17) is 14.6 Å². The highest BCUT2D eigenvalue weighted by atomic mass is 16.5. The zero-order valence-corrected chi connectivity index (χ0v) is 12.5. The summed E-state index contributed by atoms with van der Waals surface area (Å²) < 4.78 is 12.2. The average molecular weight is 290 g/mol. The van der Waals surface area contributed by atoms with Crippen LogP contribution in [0, 0.1) is 13.8 Å². The van der Waals surface area contributed by atoms with Gasteiger partial charge in [-0.2, -0.15) is 5.10 Å². The van der Waals surface area contributed by atoms with Crippen LogP contribution >= 0.6 is 0 Å². The van der Waals surface area contributed by atoms with E-state index in [1.54, 1.807) is 25.0 Å². The van der Waals surface area contributed by atoms with Crippen LogP contribution in [0.5, 0.6) is 11.5 Å². The van der Waals surface area contributed by atoms with E-state index in [0.717, 1.165) is 16.9 Å². The molecule has 0 aliphatic heterocycles. The van der Waals surface area contributed by atoms with Crippen LogP contribution < -0.4 is 9.47 Å². The largest absolute Gasteiger partial charge is 0.493 e. The van der Waals surface area contributed by atoms with E-state index in [0.29, 0.717) is 17.2 Å². The van der Waals surface area contributed by atoms with Crippen LogP contribution in [0.25, 0.3) is 5.69 Å². The summed E-state index contributed by atoms with van der Waals surface area (Å²) in [6.07, 6.45) is -0.0367. The van der Waals surface area contributed by atoms with Gasteiger partial charge in [-0.25, -0.2) is 4.68 Å². The van der Waals surface area contributed by atoms with Crippen molar-refractivity contribution in [2.45, 2.75) is 20.3 Å². The lowest BCUT2D eigenvalue weighted by Crippen LogP contribution is -2.04. The van der Waals surface area contributed by atoms with Crippen LogP contribution in [-0.4, -0.2) is 35.1 Å². The molecule has 6 nitrogen and oxygen atoms in total. The van der Waals surface area contributed by atoms with E-state index in [-0.39, 0.29) is 6.42 Å². The van der Waals surface area contributed by atoms with E-state index < -0.39 is 5.97 Å².